The number of amides is 1. The molecule has 2 aliphatic rings. The summed E-state index contributed by atoms with van der Waals surface area (Å²) >= 11 is 0. The molecule has 9 nitrogen and oxygen atoms in total. The summed E-state index contributed by atoms with van der Waals surface area (Å²) < 4.78 is 78.0. The molecule has 5 rings (SSSR count). The van der Waals surface area contributed by atoms with Crippen molar-refractivity contribution < 1.29 is 30.8 Å². The second-order valence-corrected chi connectivity index (χ2v) is 10.9. The van der Waals surface area contributed by atoms with E-state index in [1.54, 1.807) is 10.5 Å². The lowest BCUT2D eigenvalue weighted by atomic mass is 10.1. The molecule has 1 N–H and O–H groups in total. The summed E-state index contributed by atoms with van der Waals surface area (Å²) in [7, 11) is -5.56. The topological polar surface area (TPSA) is 99.4 Å². The number of aromatic nitrogens is 2. The van der Waals surface area contributed by atoms with Crippen LogP contribution >= 0.6 is 0 Å². The lowest BCUT2D eigenvalue weighted by Gasteiger charge is -2.29. The molecule has 0 radical (unpaired) electrons. The van der Waals surface area contributed by atoms with Gasteiger partial charge in [-0.15, -0.1) is 0 Å². The molecule has 14 heteroatoms. The highest BCUT2D eigenvalue weighted by atomic mass is 32.2. The van der Waals surface area contributed by atoms with E-state index in [1.165, 1.54) is 23.3 Å². The van der Waals surface area contributed by atoms with Crippen LogP contribution in [0.4, 0.5) is 23.2 Å². The van der Waals surface area contributed by atoms with Crippen molar-refractivity contribution in [3.05, 3.63) is 64.4 Å². The Kier molecular flexibility index (Phi) is 6.53. The number of imidazole rings is 1. The van der Waals surface area contributed by atoms with E-state index in [9.17, 15) is 30.8 Å². The minimum absolute atomic E-state index is 0.0260. The molecule has 0 atom stereocenters. The van der Waals surface area contributed by atoms with Crippen LogP contribution in [0.1, 0.15) is 46.2 Å². The minimum atomic E-state index is -5.56. The van der Waals surface area contributed by atoms with E-state index in [4.69, 9.17) is 0 Å². The van der Waals surface area contributed by atoms with Crippen LogP contribution in [-0.4, -0.2) is 53.0 Å². The SMILES string of the molecule is CCc1nc2cc3c(cn2c1C(=O)NCc1ccc(N2CCN(S(=O)(=O)C(F)(F)F)C=N2)c(F)c1)CCC3. The monoisotopic (exact) mass is 552 g/mol. The van der Waals surface area contributed by atoms with Crippen molar-refractivity contribution in [2.75, 3.05) is 18.1 Å². The van der Waals surface area contributed by atoms with Crippen LogP contribution in [0.3, 0.4) is 0 Å². The van der Waals surface area contributed by atoms with Crippen LogP contribution in [0.2, 0.25) is 0 Å². The van der Waals surface area contributed by atoms with Gasteiger partial charge in [0, 0.05) is 12.7 Å². The zero-order chi connectivity index (χ0) is 27.2. The van der Waals surface area contributed by atoms with Crippen molar-refractivity contribution in [2.45, 2.75) is 44.7 Å². The van der Waals surface area contributed by atoms with E-state index in [0.717, 1.165) is 24.3 Å². The van der Waals surface area contributed by atoms with Gasteiger partial charge in [-0.25, -0.2) is 13.7 Å². The number of carbonyl (C=O) groups is 1. The third-order valence-electron chi connectivity index (χ3n) is 6.65. The quantitative estimate of drug-likeness (QED) is 0.473. The molecule has 38 heavy (non-hydrogen) atoms. The van der Waals surface area contributed by atoms with Crippen molar-refractivity contribution in [1.82, 2.24) is 19.0 Å². The molecule has 1 aliphatic heterocycles. The Morgan fingerprint density at radius 1 is 1.13 bits per heavy atom. The molecule has 1 aliphatic carbocycles. The lowest BCUT2D eigenvalue weighted by Crippen LogP contribution is -2.46. The summed E-state index contributed by atoms with van der Waals surface area (Å²) in [5.74, 6) is -1.07. The minimum Gasteiger partial charge on any atom is -0.347 e. The van der Waals surface area contributed by atoms with Gasteiger partial charge in [0.15, 0.2) is 0 Å². The first-order valence-electron chi connectivity index (χ1n) is 12.0. The van der Waals surface area contributed by atoms with Gasteiger partial charge in [0.05, 0.1) is 24.5 Å². The fourth-order valence-corrected chi connectivity index (χ4v) is 5.45. The summed E-state index contributed by atoms with van der Waals surface area (Å²) in [4.78, 5) is 17.7. The number of fused-ring (bicyclic) bond motifs is 2. The van der Waals surface area contributed by atoms with Crippen LogP contribution in [0.25, 0.3) is 5.65 Å². The maximum atomic E-state index is 14.9. The Hall–Kier alpha value is -3.68. The number of nitrogens with zero attached hydrogens (tertiary/aromatic N) is 5. The smallest absolute Gasteiger partial charge is 0.347 e. The van der Waals surface area contributed by atoms with Crippen molar-refractivity contribution in [1.29, 1.82) is 0 Å². The molecule has 0 spiro atoms. The van der Waals surface area contributed by atoms with Crippen LogP contribution in [0, 0.1) is 5.82 Å². The largest absolute Gasteiger partial charge is 0.516 e. The number of rotatable bonds is 6. The Morgan fingerprint density at radius 2 is 1.89 bits per heavy atom. The van der Waals surface area contributed by atoms with E-state index in [2.05, 4.69) is 15.4 Å². The standard InChI is InChI=1S/C24H24F4N6O3S/c1-2-19-22(33-13-17-5-3-4-16(17)11-21(33)31-19)23(35)29-12-15-6-7-20(18(25)10-15)34-9-8-32(14-30-34)38(36,37)24(26,27)28/h6-7,10-11,13-14H,2-5,8-9,12H2,1H3,(H,29,35). The molecule has 202 valence electrons. The number of carbonyl (C=O) groups excluding carboxylic acids is 1. The highest BCUT2D eigenvalue weighted by Crippen LogP contribution is 2.29. The predicted molar refractivity (Wildman–Crippen MR) is 132 cm³/mol. The van der Waals surface area contributed by atoms with Crippen molar-refractivity contribution in [3.8, 4) is 0 Å². The van der Waals surface area contributed by atoms with Crippen LogP contribution in [0.5, 0.6) is 0 Å². The highest BCUT2D eigenvalue weighted by Gasteiger charge is 2.50. The zero-order valence-electron chi connectivity index (χ0n) is 20.3. The van der Waals surface area contributed by atoms with Gasteiger partial charge in [0.2, 0.25) is 0 Å². The lowest BCUT2D eigenvalue weighted by molar-refractivity contribution is -0.0471. The van der Waals surface area contributed by atoms with E-state index < -0.39 is 27.9 Å². The van der Waals surface area contributed by atoms with E-state index in [1.807, 2.05) is 19.2 Å². The number of hydrogen-bond acceptors (Lipinski definition) is 6. The van der Waals surface area contributed by atoms with Crippen LogP contribution < -0.4 is 10.3 Å². The number of hydrazone groups is 1. The molecular weight excluding hydrogens is 528 g/mol. The number of alkyl halides is 3. The number of anilines is 1. The third-order valence-corrected chi connectivity index (χ3v) is 8.13. The summed E-state index contributed by atoms with van der Waals surface area (Å²) in [6.45, 7) is 1.11. The molecule has 0 saturated carbocycles. The van der Waals surface area contributed by atoms with E-state index in [-0.39, 0.29) is 29.0 Å². The fraction of sp³-hybridized carbons (Fsp3) is 0.375. The molecule has 0 bridgehead atoms. The first-order valence-corrected chi connectivity index (χ1v) is 13.4. The average molecular weight is 553 g/mol. The molecule has 0 saturated heterocycles. The zero-order valence-corrected chi connectivity index (χ0v) is 21.1. The number of aryl methyl sites for hydroxylation is 3. The molecule has 3 heterocycles. The van der Waals surface area contributed by atoms with Gasteiger partial charge in [-0.2, -0.15) is 26.7 Å². The van der Waals surface area contributed by atoms with Crippen molar-refractivity contribution in [2.24, 2.45) is 5.10 Å². The summed E-state index contributed by atoms with van der Waals surface area (Å²) in [5.41, 5.74) is -0.776. The molecule has 1 aromatic carbocycles. The molecular formula is C24H24F4N6O3S. The third kappa shape index (κ3) is 4.57. The summed E-state index contributed by atoms with van der Waals surface area (Å²) in [6, 6.07) is 6.13. The van der Waals surface area contributed by atoms with Crippen molar-refractivity contribution in [3.63, 3.8) is 0 Å². The normalized spacial score (nSPS) is 15.8. The maximum Gasteiger partial charge on any atom is 0.516 e. The molecule has 0 fully saturated rings. The van der Waals surface area contributed by atoms with Gasteiger partial charge < -0.3 is 5.32 Å². The summed E-state index contributed by atoms with van der Waals surface area (Å²) in [5, 5.41) is 7.55. The summed E-state index contributed by atoms with van der Waals surface area (Å²) in [6.07, 6.45) is 6.06. The number of sulfonamides is 1. The van der Waals surface area contributed by atoms with E-state index in [0.29, 0.717) is 35.4 Å². The first-order chi connectivity index (χ1) is 18.0. The first kappa shape index (κ1) is 25.9. The Balaban J connectivity index is 1.29. The number of hydrogen-bond donors (Lipinski definition) is 1. The van der Waals surface area contributed by atoms with Gasteiger partial charge in [-0.3, -0.25) is 14.2 Å². The average Bonchev–Trinajstić information content (AvgIpc) is 3.48. The van der Waals surface area contributed by atoms with Gasteiger partial charge in [-0.05, 0) is 60.6 Å². The van der Waals surface area contributed by atoms with E-state index >= 15 is 0 Å². The Morgan fingerprint density at radius 3 is 2.55 bits per heavy atom. The Bertz CT molecular complexity index is 1550. The molecule has 2 aromatic heterocycles. The number of benzene rings is 1. The van der Waals surface area contributed by atoms with Gasteiger partial charge in [-0.1, -0.05) is 13.0 Å². The second-order valence-electron chi connectivity index (χ2n) is 9.05. The number of nitrogens with one attached hydrogen (secondary N) is 1. The van der Waals surface area contributed by atoms with Crippen LogP contribution in [-0.2, 0) is 35.8 Å². The van der Waals surface area contributed by atoms with Crippen LogP contribution in [0.15, 0.2) is 35.6 Å². The maximum absolute atomic E-state index is 14.9. The van der Waals surface area contributed by atoms with Gasteiger partial charge in [0.1, 0.15) is 23.5 Å². The molecule has 3 aromatic rings. The van der Waals surface area contributed by atoms with Gasteiger partial charge in [0.25, 0.3) is 5.91 Å². The predicted octanol–water partition coefficient (Wildman–Crippen LogP) is 3.37. The van der Waals surface area contributed by atoms with Crippen molar-refractivity contribution >= 4 is 33.6 Å². The molecule has 0 unspecified atom stereocenters. The fourth-order valence-electron chi connectivity index (χ4n) is 4.69. The second kappa shape index (κ2) is 9.57. The number of pyridine rings is 1. The van der Waals surface area contributed by atoms with Gasteiger partial charge >= 0.3 is 15.5 Å². The Labute approximate surface area is 215 Å². The molecule has 1 amide bonds. The highest BCUT2D eigenvalue weighted by molar-refractivity contribution is 7.90. The number of halogens is 4.